The number of piperazine rings is 1. The van der Waals surface area contributed by atoms with Crippen molar-refractivity contribution in [2.45, 2.75) is 32.4 Å². The van der Waals surface area contributed by atoms with Crippen molar-refractivity contribution in [2.24, 2.45) is 0 Å². The SMILES string of the molecule is CC(C)(C)OC(=O)N1CCNC(c2cn[nH]c2-c2ccccc2)C1. The average molecular weight is 328 g/mol. The van der Waals surface area contributed by atoms with Gasteiger partial charge in [-0.15, -0.1) is 0 Å². The number of nitrogens with zero attached hydrogens (tertiary/aromatic N) is 2. The Morgan fingerprint density at radius 1 is 1.29 bits per heavy atom. The maximum absolute atomic E-state index is 12.3. The Hall–Kier alpha value is -2.34. The molecule has 6 nitrogen and oxygen atoms in total. The third-order valence-electron chi connectivity index (χ3n) is 3.93. The van der Waals surface area contributed by atoms with Crippen molar-refractivity contribution in [3.05, 3.63) is 42.1 Å². The van der Waals surface area contributed by atoms with E-state index >= 15 is 0 Å². The van der Waals surface area contributed by atoms with Crippen molar-refractivity contribution in [2.75, 3.05) is 19.6 Å². The van der Waals surface area contributed by atoms with E-state index in [0.29, 0.717) is 13.1 Å². The summed E-state index contributed by atoms with van der Waals surface area (Å²) in [6, 6.07) is 10.1. The lowest BCUT2D eigenvalue weighted by Gasteiger charge is -2.35. The van der Waals surface area contributed by atoms with Gasteiger partial charge in [-0.3, -0.25) is 5.10 Å². The highest BCUT2D eigenvalue weighted by molar-refractivity contribution is 5.69. The molecule has 24 heavy (non-hydrogen) atoms. The molecule has 0 radical (unpaired) electrons. The third-order valence-corrected chi connectivity index (χ3v) is 3.93. The fourth-order valence-electron chi connectivity index (χ4n) is 2.85. The fraction of sp³-hybridized carbons (Fsp3) is 0.444. The number of rotatable bonds is 2. The molecule has 0 bridgehead atoms. The number of hydrogen-bond donors (Lipinski definition) is 2. The van der Waals surface area contributed by atoms with Crippen LogP contribution in [-0.2, 0) is 4.74 Å². The molecule has 0 spiro atoms. The Kier molecular flexibility index (Phi) is 4.57. The van der Waals surface area contributed by atoms with Gasteiger partial charge >= 0.3 is 6.09 Å². The van der Waals surface area contributed by atoms with Gasteiger partial charge in [0.05, 0.1) is 17.9 Å². The number of amides is 1. The lowest BCUT2D eigenvalue weighted by atomic mass is 10.0. The highest BCUT2D eigenvalue weighted by Gasteiger charge is 2.29. The summed E-state index contributed by atoms with van der Waals surface area (Å²) >= 11 is 0. The molecule has 1 fully saturated rings. The number of benzene rings is 1. The Labute approximate surface area is 142 Å². The van der Waals surface area contributed by atoms with Crippen molar-refractivity contribution in [1.82, 2.24) is 20.4 Å². The van der Waals surface area contributed by atoms with Crippen molar-refractivity contribution in [3.8, 4) is 11.3 Å². The molecule has 2 heterocycles. The van der Waals surface area contributed by atoms with Crippen molar-refractivity contribution < 1.29 is 9.53 Å². The van der Waals surface area contributed by atoms with E-state index in [4.69, 9.17) is 4.74 Å². The van der Waals surface area contributed by atoms with Crippen LogP contribution in [0.3, 0.4) is 0 Å². The van der Waals surface area contributed by atoms with Crippen LogP contribution in [0, 0.1) is 0 Å². The molecule has 2 aromatic rings. The normalized spacial score (nSPS) is 18.5. The van der Waals surface area contributed by atoms with Crippen LogP contribution >= 0.6 is 0 Å². The molecule has 2 N–H and O–H groups in total. The zero-order valence-electron chi connectivity index (χ0n) is 14.4. The van der Waals surface area contributed by atoms with Crippen LogP contribution in [0.5, 0.6) is 0 Å². The summed E-state index contributed by atoms with van der Waals surface area (Å²) in [6.07, 6.45) is 1.57. The van der Waals surface area contributed by atoms with Crippen molar-refractivity contribution in [1.29, 1.82) is 0 Å². The van der Waals surface area contributed by atoms with Gasteiger partial charge < -0.3 is 15.0 Å². The fourth-order valence-corrected chi connectivity index (χ4v) is 2.85. The van der Waals surface area contributed by atoms with Crippen LogP contribution in [0.15, 0.2) is 36.5 Å². The molecular weight excluding hydrogens is 304 g/mol. The first-order valence-electron chi connectivity index (χ1n) is 8.24. The van der Waals surface area contributed by atoms with E-state index in [1.165, 1.54) is 0 Å². The summed E-state index contributed by atoms with van der Waals surface area (Å²) in [6.45, 7) is 7.58. The number of aromatic amines is 1. The van der Waals surface area contributed by atoms with E-state index in [-0.39, 0.29) is 12.1 Å². The van der Waals surface area contributed by atoms with E-state index in [2.05, 4.69) is 15.5 Å². The topological polar surface area (TPSA) is 70.2 Å². The van der Waals surface area contributed by atoms with Gasteiger partial charge in [0.2, 0.25) is 0 Å². The Bertz CT molecular complexity index is 691. The van der Waals surface area contributed by atoms with E-state index in [1.54, 1.807) is 4.90 Å². The number of ether oxygens (including phenoxy) is 1. The third kappa shape index (κ3) is 3.76. The predicted octanol–water partition coefficient (Wildman–Crippen LogP) is 2.96. The van der Waals surface area contributed by atoms with E-state index in [9.17, 15) is 4.79 Å². The summed E-state index contributed by atoms with van der Waals surface area (Å²) in [5, 5.41) is 10.8. The van der Waals surface area contributed by atoms with Crippen LogP contribution in [0.4, 0.5) is 4.79 Å². The average Bonchev–Trinajstić information content (AvgIpc) is 3.04. The van der Waals surface area contributed by atoms with Crippen LogP contribution in [0.2, 0.25) is 0 Å². The minimum Gasteiger partial charge on any atom is -0.444 e. The Morgan fingerprint density at radius 3 is 2.75 bits per heavy atom. The van der Waals surface area contributed by atoms with Crippen LogP contribution in [0.25, 0.3) is 11.3 Å². The number of carbonyl (C=O) groups excluding carboxylic acids is 1. The standard InChI is InChI=1S/C18H24N4O2/c1-18(2,3)24-17(23)22-10-9-19-15(12-22)14-11-20-21-16(14)13-7-5-4-6-8-13/h4-8,11,15,19H,9-10,12H2,1-3H3,(H,20,21). The van der Waals surface area contributed by atoms with Crippen LogP contribution in [-0.4, -0.2) is 46.4 Å². The van der Waals surface area contributed by atoms with Gasteiger partial charge in [0.25, 0.3) is 0 Å². The summed E-state index contributed by atoms with van der Waals surface area (Å²) in [4.78, 5) is 14.1. The van der Waals surface area contributed by atoms with Gasteiger partial charge in [0.1, 0.15) is 5.60 Å². The molecule has 1 aromatic carbocycles. The first-order chi connectivity index (χ1) is 11.4. The number of carbonyl (C=O) groups is 1. The van der Waals surface area contributed by atoms with E-state index < -0.39 is 5.60 Å². The Balaban J connectivity index is 1.77. The first kappa shape index (κ1) is 16.5. The first-order valence-corrected chi connectivity index (χ1v) is 8.24. The number of H-pyrrole nitrogens is 1. The second-order valence-electron chi connectivity index (χ2n) is 7.00. The Morgan fingerprint density at radius 2 is 2.04 bits per heavy atom. The zero-order valence-corrected chi connectivity index (χ0v) is 14.4. The molecule has 1 aliphatic heterocycles. The highest BCUT2D eigenvalue weighted by Crippen LogP contribution is 2.28. The summed E-state index contributed by atoms with van der Waals surface area (Å²) in [5.74, 6) is 0. The van der Waals surface area contributed by atoms with E-state index in [1.807, 2.05) is 57.3 Å². The summed E-state index contributed by atoms with van der Waals surface area (Å²) in [5.41, 5.74) is 2.65. The molecule has 128 valence electrons. The molecule has 0 saturated carbocycles. The lowest BCUT2D eigenvalue weighted by Crippen LogP contribution is -2.49. The van der Waals surface area contributed by atoms with Gasteiger partial charge in [-0.2, -0.15) is 5.10 Å². The molecular formula is C18H24N4O2. The second kappa shape index (κ2) is 6.65. The quantitative estimate of drug-likeness (QED) is 0.889. The number of aromatic nitrogens is 2. The molecule has 1 aliphatic rings. The monoisotopic (exact) mass is 328 g/mol. The largest absolute Gasteiger partial charge is 0.444 e. The summed E-state index contributed by atoms with van der Waals surface area (Å²) < 4.78 is 5.49. The van der Waals surface area contributed by atoms with Crippen LogP contribution in [0.1, 0.15) is 32.4 Å². The molecule has 6 heteroatoms. The van der Waals surface area contributed by atoms with Gasteiger partial charge in [-0.05, 0) is 26.3 Å². The molecule has 1 atom stereocenters. The van der Waals surface area contributed by atoms with Gasteiger partial charge in [-0.1, -0.05) is 30.3 Å². The zero-order chi connectivity index (χ0) is 17.2. The molecule has 0 aliphatic carbocycles. The second-order valence-corrected chi connectivity index (χ2v) is 7.00. The van der Waals surface area contributed by atoms with Crippen LogP contribution < -0.4 is 5.32 Å². The van der Waals surface area contributed by atoms with Gasteiger partial charge in [0.15, 0.2) is 0 Å². The molecule has 1 unspecified atom stereocenters. The number of nitrogens with one attached hydrogen (secondary N) is 2. The van der Waals surface area contributed by atoms with Crippen molar-refractivity contribution in [3.63, 3.8) is 0 Å². The predicted molar refractivity (Wildman–Crippen MR) is 92.6 cm³/mol. The highest BCUT2D eigenvalue weighted by atomic mass is 16.6. The summed E-state index contributed by atoms with van der Waals surface area (Å²) in [7, 11) is 0. The smallest absolute Gasteiger partial charge is 0.410 e. The number of hydrogen-bond acceptors (Lipinski definition) is 4. The molecule has 1 amide bonds. The lowest BCUT2D eigenvalue weighted by molar-refractivity contribution is 0.0195. The molecule has 3 rings (SSSR count). The maximum atomic E-state index is 12.3. The minimum absolute atomic E-state index is 0.0280. The molecule has 1 aromatic heterocycles. The minimum atomic E-state index is -0.484. The molecule has 1 saturated heterocycles. The van der Waals surface area contributed by atoms with Crippen molar-refractivity contribution >= 4 is 6.09 Å². The van der Waals surface area contributed by atoms with Gasteiger partial charge in [-0.25, -0.2) is 4.79 Å². The van der Waals surface area contributed by atoms with E-state index in [0.717, 1.165) is 23.4 Å². The van der Waals surface area contributed by atoms with Gasteiger partial charge in [0, 0.05) is 25.2 Å². The maximum Gasteiger partial charge on any atom is 0.410 e.